The minimum atomic E-state index is -4.33. The van der Waals surface area contributed by atoms with Crippen molar-refractivity contribution < 1.29 is 22.7 Å². The monoisotopic (exact) mass is 237 g/mol. The Morgan fingerprint density at radius 2 is 2.25 bits per heavy atom. The highest BCUT2D eigenvalue weighted by atomic mass is 19.4. The fourth-order valence-corrected chi connectivity index (χ4v) is 1.65. The highest BCUT2D eigenvalue weighted by Crippen LogP contribution is 2.22. The van der Waals surface area contributed by atoms with E-state index in [9.17, 15) is 18.0 Å². The number of halogens is 3. The van der Waals surface area contributed by atoms with E-state index in [1.54, 1.807) is 6.92 Å². The van der Waals surface area contributed by atoms with Crippen molar-refractivity contribution in [3.8, 4) is 0 Å². The Morgan fingerprint density at radius 1 is 1.56 bits per heavy atom. The molecule has 0 aromatic heterocycles. The lowest BCUT2D eigenvalue weighted by molar-refractivity contribution is -0.0803. The summed E-state index contributed by atoms with van der Waals surface area (Å²) in [4.78, 5) is 12.7. The Kier molecular flexibility index (Phi) is 4.20. The molecular formula is C10H14F3NO2. The smallest absolute Gasteiger partial charge is 0.410 e. The van der Waals surface area contributed by atoms with Crippen molar-refractivity contribution in [3.05, 3.63) is 12.2 Å². The Balaban J connectivity index is 2.59. The van der Waals surface area contributed by atoms with Crippen LogP contribution < -0.4 is 0 Å². The van der Waals surface area contributed by atoms with E-state index in [0.29, 0.717) is 19.4 Å². The first kappa shape index (κ1) is 12.9. The quantitative estimate of drug-likeness (QED) is 0.691. The number of allylic oxidation sites excluding steroid dienone is 1. The van der Waals surface area contributed by atoms with Crippen LogP contribution in [0.25, 0.3) is 0 Å². The normalized spacial score (nSPS) is 21.8. The van der Waals surface area contributed by atoms with E-state index in [0.717, 1.165) is 6.08 Å². The van der Waals surface area contributed by atoms with E-state index in [1.165, 1.54) is 4.90 Å². The number of amides is 1. The molecule has 0 bridgehead atoms. The number of hydrogen-bond acceptors (Lipinski definition) is 2. The van der Waals surface area contributed by atoms with Gasteiger partial charge in [-0.25, -0.2) is 4.79 Å². The summed E-state index contributed by atoms with van der Waals surface area (Å²) in [6.45, 7) is 2.34. The van der Waals surface area contributed by atoms with E-state index in [1.807, 2.05) is 0 Å². The topological polar surface area (TPSA) is 29.5 Å². The molecular weight excluding hydrogens is 223 g/mol. The molecule has 0 N–H and O–H groups in total. The molecule has 1 atom stereocenters. The van der Waals surface area contributed by atoms with Gasteiger partial charge in [0.2, 0.25) is 0 Å². The van der Waals surface area contributed by atoms with Crippen molar-refractivity contribution in [1.82, 2.24) is 4.90 Å². The second-order valence-electron chi connectivity index (χ2n) is 3.50. The van der Waals surface area contributed by atoms with Crippen LogP contribution in [0.15, 0.2) is 12.2 Å². The summed E-state index contributed by atoms with van der Waals surface area (Å²) in [6.07, 6.45) is -2.43. The predicted octanol–water partition coefficient (Wildman–Crippen LogP) is 2.73. The summed E-state index contributed by atoms with van der Waals surface area (Å²) >= 11 is 0. The van der Waals surface area contributed by atoms with Gasteiger partial charge in [-0.05, 0) is 19.8 Å². The van der Waals surface area contributed by atoms with Crippen molar-refractivity contribution in [2.45, 2.75) is 32.0 Å². The Bertz CT molecular complexity index is 276. The van der Waals surface area contributed by atoms with Crippen molar-refractivity contribution in [1.29, 1.82) is 0 Å². The van der Waals surface area contributed by atoms with Gasteiger partial charge >= 0.3 is 12.3 Å². The van der Waals surface area contributed by atoms with Crippen LogP contribution in [0.2, 0.25) is 0 Å². The molecule has 1 rings (SSSR count). The molecule has 1 amide bonds. The summed E-state index contributed by atoms with van der Waals surface area (Å²) in [5.74, 6) is 0. The second kappa shape index (κ2) is 5.23. The Labute approximate surface area is 91.9 Å². The summed E-state index contributed by atoms with van der Waals surface area (Å²) < 4.78 is 40.7. The third-order valence-electron chi connectivity index (χ3n) is 2.31. The minimum absolute atomic E-state index is 0.176. The Morgan fingerprint density at radius 3 is 2.81 bits per heavy atom. The first-order valence-electron chi connectivity index (χ1n) is 5.13. The zero-order chi connectivity index (χ0) is 12.2. The molecule has 16 heavy (non-hydrogen) atoms. The fourth-order valence-electron chi connectivity index (χ4n) is 1.65. The molecule has 1 heterocycles. The molecule has 6 heteroatoms. The van der Waals surface area contributed by atoms with E-state index in [4.69, 9.17) is 4.74 Å². The van der Waals surface area contributed by atoms with Crippen LogP contribution in [0.5, 0.6) is 0 Å². The van der Waals surface area contributed by atoms with Crippen LogP contribution >= 0.6 is 0 Å². The van der Waals surface area contributed by atoms with Gasteiger partial charge < -0.3 is 9.64 Å². The first-order chi connectivity index (χ1) is 7.44. The summed E-state index contributed by atoms with van der Waals surface area (Å²) in [5.41, 5.74) is 0. The maximum absolute atomic E-state index is 12.0. The molecule has 0 aliphatic carbocycles. The van der Waals surface area contributed by atoms with Gasteiger partial charge in [-0.2, -0.15) is 13.2 Å². The van der Waals surface area contributed by atoms with Crippen molar-refractivity contribution in [2.75, 3.05) is 13.2 Å². The highest BCUT2D eigenvalue weighted by molar-refractivity contribution is 5.68. The standard InChI is InChI=1S/C10H14F3NO2/c1-2-16-9(15)14-7-3-4-8(14)5-6-10(11,12)13/h5-6,8H,2-4,7H2,1H3/b6-5+/t8-/m0/s1. The molecule has 3 nitrogen and oxygen atoms in total. The molecule has 1 aliphatic rings. The third-order valence-corrected chi connectivity index (χ3v) is 2.31. The van der Waals surface area contributed by atoms with Crippen molar-refractivity contribution in [2.24, 2.45) is 0 Å². The number of carbonyl (C=O) groups is 1. The molecule has 0 aromatic rings. The molecule has 0 unspecified atom stereocenters. The lowest BCUT2D eigenvalue weighted by Gasteiger charge is -2.21. The molecule has 1 fully saturated rings. The van der Waals surface area contributed by atoms with E-state index < -0.39 is 18.3 Å². The van der Waals surface area contributed by atoms with E-state index in [2.05, 4.69) is 0 Å². The molecule has 1 aliphatic heterocycles. The van der Waals surface area contributed by atoms with Gasteiger partial charge in [0.15, 0.2) is 0 Å². The second-order valence-corrected chi connectivity index (χ2v) is 3.50. The molecule has 92 valence electrons. The molecule has 0 spiro atoms. The van der Waals surface area contributed by atoms with Gasteiger partial charge in [-0.3, -0.25) is 0 Å². The van der Waals surface area contributed by atoms with Gasteiger partial charge in [-0.1, -0.05) is 6.08 Å². The van der Waals surface area contributed by atoms with Gasteiger partial charge in [0.1, 0.15) is 0 Å². The minimum Gasteiger partial charge on any atom is -0.450 e. The van der Waals surface area contributed by atoms with Crippen LogP contribution in [-0.4, -0.2) is 36.4 Å². The summed E-state index contributed by atoms with van der Waals surface area (Å²) in [7, 11) is 0. The maximum Gasteiger partial charge on any atom is 0.410 e. The van der Waals surface area contributed by atoms with Crippen LogP contribution in [0.3, 0.4) is 0 Å². The number of hydrogen-bond donors (Lipinski definition) is 0. The Hall–Kier alpha value is -1.20. The van der Waals surface area contributed by atoms with Crippen LogP contribution in [0, 0.1) is 0 Å². The first-order valence-corrected chi connectivity index (χ1v) is 5.13. The lowest BCUT2D eigenvalue weighted by Crippen LogP contribution is -2.35. The lowest BCUT2D eigenvalue weighted by atomic mass is 10.2. The summed E-state index contributed by atoms with van der Waals surface area (Å²) in [5, 5.41) is 0. The number of nitrogens with zero attached hydrogens (tertiary/aromatic N) is 1. The number of likely N-dealkylation sites (tertiary alicyclic amines) is 1. The number of carbonyl (C=O) groups excluding carboxylic acids is 1. The molecule has 0 aromatic carbocycles. The van der Waals surface area contributed by atoms with Crippen LogP contribution in [0.1, 0.15) is 19.8 Å². The predicted molar refractivity (Wildman–Crippen MR) is 51.9 cm³/mol. The van der Waals surface area contributed by atoms with Crippen LogP contribution in [-0.2, 0) is 4.74 Å². The fraction of sp³-hybridized carbons (Fsp3) is 0.700. The molecule has 0 saturated carbocycles. The van der Waals surface area contributed by atoms with Crippen molar-refractivity contribution in [3.63, 3.8) is 0 Å². The van der Waals surface area contributed by atoms with Gasteiger partial charge in [0.25, 0.3) is 0 Å². The molecule has 0 radical (unpaired) electrons. The summed E-state index contributed by atoms with van der Waals surface area (Å²) in [6, 6.07) is -0.499. The number of ether oxygens (including phenoxy) is 1. The van der Waals surface area contributed by atoms with Crippen molar-refractivity contribution >= 4 is 6.09 Å². The zero-order valence-corrected chi connectivity index (χ0v) is 8.96. The average molecular weight is 237 g/mol. The van der Waals surface area contributed by atoms with E-state index in [-0.39, 0.29) is 12.7 Å². The van der Waals surface area contributed by atoms with Gasteiger partial charge in [0, 0.05) is 12.6 Å². The largest absolute Gasteiger partial charge is 0.450 e. The number of rotatable bonds is 2. The molecule has 1 saturated heterocycles. The van der Waals surface area contributed by atoms with Gasteiger partial charge in [0.05, 0.1) is 12.6 Å². The zero-order valence-electron chi connectivity index (χ0n) is 8.96. The SMILES string of the molecule is CCOC(=O)N1CCC[C@H]1/C=C/C(F)(F)F. The highest BCUT2D eigenvalue weighted by Gasteiger charge is 2.30. The third kappa shape index (κ3) is 3.75. The van der Waals surface area contributed by atoms with E-state index >= 15 is 0 Å². The average Bonchev–Trinajstić information content (AvgIpc) is 2.61. The van der Waals surface area contributed by atoms with Gasteiger partial charge in [-0.15, -0.1) is 0 Å². The van der Waals surface area contributed by atoms with Crippen LogP contribution in [0.4, 0.5) is 18.0 Å². The number of alkyl halides is 3. The maximum atomic E-state index is 12.0.